The first-order chi connectivity index (χ1) is 11.3. The molecule has 1 unspecified atom stereocenters. The van der Waals surface area contributed by atoms with E-state index in [0.717, 1.165) is 12.1 Å². The molecule has 1 aromatic carbocycles. The monoisotopic (exact) mass is 343 g/mol. The van der Waals surface area contributed by atoms with Crippen molar-refractivity contribution in [3.63, 3.8) is 0 Å². The van der Waals surface area contributed by atoms with Crippen LogP contribution in [0.3, 0.4) is 0 Å². The van der Waals surface area contributed by atoms with E-state index < -0.39 is 23.7 Å². The lowest BCUT2D eigenvalue weighted by Gasteiger charge is -2.14. The smallest absolute Gasteiger partial charge is 0.394 e. The number of hydrogen-bond donors (Lipinski definition) is 2. The molecule has 0 bridgehead atoms. The van der Waals surface area contributed by atoms with Gasteiger partial charge in [-0.25, -0.2) is 4.68 Å². The first kappa shape index (κ1) is 18.0. The summed E-state index contributed by atoms with van der Waals surface area (Å²) in [5.74, 6) is -0.558. The molecular weight excluding hydrogens is 327 g/mol. The van der Waals surface area contributed by atoms with E-state index in [1.54, 1.807) is 0 Å². The van der Waals surface area contributed by atoms with E-state index in [-0.39, 0.29) is 24.6 Å². The maximum Gasteiger partial charge on any atom is 0.416 e. The van der Waals surface area contributed by atoms with Crippen LogP contribution in [0, 0.1) is 0 Å². The zero-order valence-corrected chi connectivity index (χ0v) is 12.7. The predicted molar refractivity (Wildman–Crippen MR) is 78.8 cm³/mol. The fourth-order valence-electron chi connectivity index (χ4n) is 2.01. The fourth-order valence-corrected chi connectivity index (χ4v) is 2.01. The molecule has 0 fully saturated rings. The van der Waals surface area contributed by atoms with E-state index in [0.29, 0.717) is 0 Å². The molecule has 0 aliphatic heterocycles. The van der Waals surface area contributed by atoms with E-state index in [1.807, 2.05) is 0 Å². The van der Waals surface area contributed by atoms with Crippen molar-refractivity contribution in [3.8, 4) is 5.69 Å². The second-order valence-corrected chi connectivity index (χ2v) is 5.00. The lowest BCUT2D eigenvalue weighted by molar-refractivity contribution is -0.137. The number of carbonyl (C=O) groups excluding carboxylic acids is 1. The van der Waals surface area contributed by atoms with Crippen molar-refractivity contribution in [1.29, 1.82) is 0 Å². The Morgan fingerprint density at radius 1 is 1.42 bits per heavy atom. The highest BCUT2D eigenvalue weighted by molar-refractivity contribution is 5.92. The van der Waals surface area contributed by atoms with Crippen molar-refractivity contribution >= 4 is 5.91 Å². The van der Waals surface area contributed by atoms with Gasteiger partial charge >= 0.3 is 6.18 Å². The van der Waals surface area contributed by atoms with Gasteiger partial charge in [0.15, 0.2) is 5.69 Å². The number of halogens is 3. The van der Waals surface area contributed by atoms with E-state index in [9.17, 15) is 18.0 Å². The number of methoxy groups -OCH3 is 1. The van der Waals surface area contributed by atoms with Crippen LogP contribution < -0.4 is 5.32 Å². The summed E-state index contributed by atoms with van der Waals surface area (Å²) >= 11 is 0. The summed E-state index contributed by atoms with van der Waals surface area (Å²) in [5, 5.41) is 15.6. The van der Waals surface area contributed by atoms with Crippen LogP contribution in [-0.2, 0) is 10.9 Å². The van der Waals surface area contributed by atoms with Crippen LogP contribution in [0.2, 0.25) is 0 Å². The Morgan fingerprint density at radius 2 is 2.17 bits per heavy atom. The van der Waals surface area contributed by atoms with Gasteiger partial charge in [0, 0.05) is 13.3 Å². The standard InChI is InChI=1S/C15H16F3N3O3/c1-24-9-11(8-22)19-14(23)13-5-6-21(20-13)12-4-2-3-10(7-12)15(16,17)18/h2-7,11,22H,8-9H2,1H3,(H,19,23). The molecule has 130 valence electrons. The predicted octanol–water partition coefficient (Wildman–Crippen LogP) is 1.63. The minimum Gasteiger partial charge on any atom is -0.394 e. The zero-order valence-electron chi connectivity index (χ0n) is 12.7. The number of amides is 1. The topological polar surface area (TPSA) is 76.4 Å². The van der Waals surface area contributed by atoms with Gasteiger partial charge in [0.2, 0.25) is 0 Å². The van der Waals surface area contributed by atoms with Crippen LogP contribution in [0.25, 0.3) is 5.69 Å². The molecule has 0 radical (unpaired) electrons. The van der Waals surface area contributed by atoms with Crippen molar-refractivity contribution in [2.45, 2.75) is 12.2 Å². The number of ether oxygens (including phenoxy) is 1. The molecule has 6 nitrogen and oxygen atoms in total. The Kier molecular flexibility index (Phi) is 5.58. The lowest BCUT2D eigenvalue weighted by Crippen LogP contribution is -2.40. The lowest BCUT2D eigenvalue weighted by atomic mass is 10.2. The van der Waals surface area contributed by atoms with Crippen molar-refractivity contribution in [2.24, 2.45) is 0 Å². The van der Waals surface area contributed by atoms with Gasteiger partial charge in [-0.05, 0) is 24.3 Å². The number of hydrogen-bond acceptors (Lipinski definition) is 4. The molecule has 0 saturated heterocycles. The summed E-state index contributed by atoms with van der Waals surface area (Å²) in [6.45, 7) is -0.190. The van der Waals surface area contributed by atoms with Crippen LogP contribution in [0.4, 0.5) is 13.2 Å². The number of nitrogens with zero attached hydrogens (tertiary/aromatic N) is 2. The number of alkyl halides is 3. The Bertz CT molecular complexity index is 701. The SMILES string of the molecule is COCC(CO)NC(=O)c1ccn(-c2cccc(C(F)(F)F)c2)n1. The van der Waals surface area contributed by atoms with Crippen LogP contribution in [0.5, 0.6) is 0 Å². The molecule has 0 spiro atoms. The minimum absolute atomic E-state index is 0.0157. The molecule has 2 rings (SSSR count). The average Bonchev–Trinajstić information content (AvgIpc) is 3.04. The van der Waals surface area contributed by atoms with Crippen molar-refractivity contribution in [1.82, 2.24) is 15.1 Å². The third-order valence-corrected chi connectivity index (χ3v) is 3.18. The molecule has 0 saturated carbocycles. The van der Waals surface area contributed by atoms with Crippen LogP contribution in [0.1, 0.15) is 16.1 Å². The number of aliphatic hydroxyl groups excluding tert-OH is 1. The molecule has 2 N–H and O–H groups in total. The number of carbonyl (C=O) groups is 1. The molecule has 1 heterocycles. The zero-order chi connectivity index (χ0) is 17.7. The summed E-state index contributed by atoms with van der Waals surface area (Å²) < 4.78 is 44.2. The van der Waals surface area contributed by atoms with Crippen LogP contribution in [0.15, 0.2) is 36.5 Å². The van der Waals surface area contributed by atoms with Gasteiger partial charge in [-0.2, -0.15) is 18.3 Å². The molecule has 24 heavy (non-hydrogen) atoms. The second-order valence-electron chi connectivity index (χ2n) is 5.00. The van der Waals surface area contributed by atoms with Crippen molar-refractivity contribution < 1.29 is 27.8 Å². The van der Waals surface area contributed by atoms with Crippen LogP contribution >= 0.6 is 0 Å². The molecular formula is C15H16F3N3O3. The molecule has 1 amide bonds. The highest BCUT2D eigenvalue weighted by Gasteiger charge is 2.30. The summed E-state index contributed by atoms with van der Waals surface area (Å²) in [5.41, 5.74) is -0.608. The van der Waals surface area contributed by atoms with Gasteiger partial charge in [-0.15, -0.1) is 0 Å². The molecule has 1 atom stereocenters. The molecule has 0 aliphatic carbocycles. The molecule has 1 aromatic heterocycles. The second kappa shape index (κ2) is 7.45. The first-order valence-corrected chi connectivity index (χ1v) is 6.99. The summed E-state index contributed by atoms with van der Waals surface area (Å²) in [6, 6.07) is 5.39. The summed E-state index contributed by atoms with van der Waals surface area (Å²) in [7, 11) is 1.43. The Morgan fingerprint density at radius 3 is 2.79 bits per heavy atom. The van der Waals surface area contributed by atoms with Gasteiger partial charge in [-0.1, -0.05) is 6.07 Å². The van der Waals surface area contributed by atoms with E-state index >= 15 is 0 Å². The molecule has 2 aromatic rings. The van der Waals surface area contributed by atoms with Gasteiger partial charge in [0.05, 0.1) is 30.5 Å². The van der Waals surface area contributed by atoms with E-state index in [1.165, 1.54) is 36.2 Å². The number of aromatic nitrogens is 2. The Hall–Kier alpha value is -2.39. The highest BCUT2D eigenvalue weighted by Crippen LogP contribution is 2.30. The fraction of sp³-hybridized carbons (Fsp3) is 0.333. The normalized spacial score (nSPS) is 12.9. The highest BCUT2D eigenvalue weighted by atomic mass is 19.4. The number of rotatable bonds is 6. The van der Waals surface area contributed by atoms with Gasteiger partial charge in [0.25, 0.3) is 5.91 Å². The van der Waals surface area contributed by atoms with Gasteiger partial charge in [0.1, 0.15) is 0 Å². The Labute approximate surface area is 135 Å². The number of nitrogens with one attached hydrogen (secondary N) is 1. The third-order valence-electron chi connectivity index (χ3n) is 3.18. The van der Waals surface area contributed by atoms with E-state index in [2.05, 4.69) is 10.4 Å². The molecule has 0 aliphatic rings. The van der Waals surface area contributed by atoms with Gasteiger partial charge < -0.3 is 15.2 Å². The maximum atomic E-state index is 12.7. The van der Waals surface area contributed by atoms with Gasteiger partial charge in [-0.3, -0.25) is 4.79 Å². The average molecular weight is 343 g/mol. The first-order valence-electron chi connectivity index (χ1n) is 6.99. The summed E-state index contributed by atoms with van der Waals surface area (Å²) in [4.78, 5) is 12.0. The molecule has 9 heteroatoms. The van der Waals surface area contributed by atoms with Crippen molar-refractivity contribution in [3.05, 3.63) is 47.8 Å². The third kappa shape index (κ3) is 4.33. The number of aliphatic hydroxyl groups is 1. The summed E-state index contributed by atoms with van der Waals surface area (Å²) in [6.07, 6.45) is -3.08. The quantitative estimate of drug-likeness (QED) is 0.836. The number of benzene rings is 1. The maximum absolute atomic E-state index is 12.7. The van der Waals surface area contributed by atoms with E-state index in [4.69, 9.17) is 9.84 Å². The van der Waals surface area contributed by atoms with Crippen LogP contribution in [-0.4, -0.2) is 47.2 Å². The Balaban J connectivity index is 2.17. The van der Waals surface area contributed by atoms with Crippen molar-refractivity contribution in [2.75, 3.05) is 20.3 Å². The largest absolute Gasteiger partial charge is 0.416 e. The minimum atomic E-state index is -4.46.